The van der Waals surface area contributed by atoms with Crippen LogP contribution in [0.15, 0.2) is 23.1 Å². The Bertz CT molecular complexity index is 259. The van der Waals surface area contributed by atoms with E-state index in [1.807, 2.05) is 39.0 Å². The van der Waals surface area contributed by atoms with Crippen molar-refractivity contribution in [2.24, 2.45) is 5.73 Å². The normalized spacial score (nSPS) is 11.5. The Balaban J connectivity index is 0.000000671. The minimum atomic E-state index is -0.0258. The maximum absolute atomic E-state index is 5.68. The second kappa shape index (κ2) is 5.89. The zero-order valence-corrected chi connectivity index (χ0v) is 9.31. The van der Waals surface area contributed by atoms with Crippen LogP contribution in [-0.4, -0.2) is 0 Å². The minimum absolute atomic E-state index is 0.0258. The molecule has 0 aliphatic heterocycles. The van der Waals surface area contributed by atoms with Crippen LogP contribution >= 0.6 is 12.6 Å². The highest BCUT2D eigenvalue weighted by Gasteiger charge is 2.03. The standard InChI is InChI=1S/C8H12N2S.C2H6/c1-5(9)7-4-6(11)2-3-8(7)10;1-2/h2-5,11H,9-10H2,1H3;1-2H3. The molecule has 13 heavy (non-hydrogen) atoms. The monoisotopic (exact) mass is 198 g/mol. The third-order valence-corrected chi connectivity index (χ3v) is 1.84. The van der Waals surface area contributed by atoms with Gasteiger partial charge in [0, 0.05) is 16.6 Å². The maximum Gasteiger partial charge on any atom is 0.0363 e. The molecule has 1 rings (SSSR count). The fourth-order valence-corrected chi connectivity index (χ4v) is 1.17. The number of hydrogen-bond donors (Lipinski definition) is 3. The Morgan fingerprint density at radius 3 is 2.23 bits per heavy atom. The van der Waals surface area contributed by atoms with Gasteiger partial charge in [0.1, 0.15) is 0 Å². The molecule has 0 spiro atoms. The molecule has 4 N–H and O–H groups in total. The van der Waals surface area contributed by atoms with Crippen molar-refractivity contribution in [2.75, 3.05) is 5.73 Å². The second-order valence-corrected chi connectivity index (χ2v) is 3.12. The van der Waals surface area contributed by atoms with Gasteiger partial charge >= 0.3 is 0 Å². The van der Waals surface area contributed by atoms with Gasteiger partial charge in [0.25, 0.3) is 0 Å². The Morgan fingerprint density at radius 1 is 1.31 bits per heavy atom. The number of benzene rings is 1. The molecule has 74 valence electrons. The Kier molecular flexibility index (Phi) is 5.58. The summed E-state index contributed by atoms with van der Waals surface area (Å²) >= 11 is 4.18. The number of thiol groups is 1. The van der Waals surface area contributed by atoms with E-state index >= 15 is 0 Å². The molecular formula is C10H18N2S. The molecule has 0 amide bonds. The van der Waals surface area contributed by atoms with E-state index < -0.39 is 0 Å². The Hall–Kier alpha value is -0.670. The summed E-state index contributed by atoms with van der Waals surface area (Å²) in [5.41, 5.74) is 13.0. The minimum Gasteiger partial charge on any atom is -0.398 e. The molecule has 0 heterocycles. The molecule has 0 aliphatic rings. The van der Waals surface area contributed by atoms with Gasteiger partial charge in [0.2, 0.25) is 0 Å². The van der Waals surface area contributed by atoms with E-state index in [1.165, 1.54) is 0 Å². The summed E-state index contributed by atoms with van der Waals surface area (Å²) in [6.07, 6.45) is 0. The van der Waals surface area contributed by atoms with Gasteiger partial charge in [-0.1, -0.05) is 13.8 Å². The van der Waals surface area contributed by atoms with Gasteiger partial charge in [-0.05, 0) is 30.7 Å². The van der Waals surface area contributed by atoms with Crippen molar-refractivity contribution >= 4 is 18.3 Å². The fraction of sp³-hybridized carbons (Fsp3) is 0.400. The van der Waals surface area contributed by atoms with Crippen molar-refractivity contribution in [1.82, 2.24) is 0 Å². The van der Waals surface area contributed by atoms with Gasteiger partial charge in [-0.25, -0.2) is 0 Å². The molecular weight excluding hydrogens is 180 g/mol. The summed E-state index contributed by atoms with van der Waals surface area (Å²) in [6.45, 7) is 5.90. The molecule has 0 saturated carbocycles. The number of hydrogen-bond acceptors (Lipinski definition) is 3. The number of nitrogens with two attached hydrogens (primary N) is 2. The van der Waals surface area contributed by atoms with Gasteiger partial charge in [-0.2, -0.15) is 0 Å². The first kappa shape index (κ1) is 12.3. The van der Waals surface area contributed by atoms with Crippen molar-refractivity contribution in [1.29, 1.82) is 0 Å². The van der Waals surface area contributed by atoms with Crippen LogP contribution in [0.1, 0.15) is 32.4 Å². The van der Waals surface area contributed by atoms with E-state index in [0.29, 0.717) is 0 Å². The molecule has 0 fully saturated rings. The lowest BCUT2D eigenvalue weighted by Gasteiger charge is -2.09. The molecule has 1 aromatic carbocycles. The third-order valence-electron chi connectivity index (χ3n) is 1.56. The van der Waals surface area contributed by atoms with Crippen LogP contribution < -0.4 is 11.5 Å². The summed E-state index contributed by atoms with van der Waals surface area (Å²) in [5, 5.41) is 0. The molecule has 0 bridgehead atoms. The molecule has 1 aromatic rings. The number of nitrogen functional groups attached to an aromatic ring is 1. The second-order valence-electron chi connectivity index (χ2n) is 2.60. The van der Waals surface area contributed by atoms with Gasteiger partial charge in [-0.3, -0.25) is 0 Å². The van der Waals surface area contributed by atoms with Crippen LogP contribution in [0.2, 0.25) is 0 Å². The molecule has 1 unspecified atom stereocenters. The van der Waals surface area contributed by atoms with Crippen molar-refractivity contribution in [2.45, 2.75) is 31.7 Å². The first-order valence-electron chi connectivity index (χ1n) is 4.45. The topological polar surface area (TPSA) is 52.0 Å². The molecule has 1 atom stereocenters. The predicted octanol–water partition coefficient (Wildman–Crippen LogP) is 2.60. The molecule has 0 aliphatic carbocycles. The van der Waals surface area contributed by atoms with Crippen LogP contribution in [0.3, 0.4) is 0 Å². The summed E-state index contributed by atoms with van der Waals surface area (Å²) in [7, 11) is 0. The Morgan fingerprint density at radius 2 is 1.85 bits per heavy atom. The van der Waals surface area contributed by atoms with Gasteiger partial charge in [0.05, 0.1) is 0 Å². The predicted molar refractivity (Wildman–Crippen MR) is 62.1 cm³/mol. The lowest BCUT2D eigenvalue weighted by atomic mass is 10.1. The highest BCUT2D eigenvalue weighted by Crippen LogP contribution is 2.21. The zero-order valence-electron chi connectivity index (χ0n) is 8.41. The lowest BCUT2D eigenvalue weighted by molar-refractivity contribution is 0.818. The third kappa shape index (κ3) is 3.70. The van der Waals surface area contributed by atoms with E-state index in [2.05, 4.69) is 12.6 Å². The zero-order chi connectivity index (χ0) is 10.4. The molecule has 0 radical (unpaired) electrons. The van der Waals surface area contributed by atoms with Gasteiger partial charge in [0.15, 0.2) is 0 Å². The maximum atomic E-state index is 5.68. The van der Waals surface area contributed by atoms with Crippen molar-refractivity contribution in [3.63, 3.8) is 0 Å². The smallest absolute Gasteiger partial charge is 0.0363 e. The average Bonchev–Trinajstić information content (AvgIpc) is 2.12. The molecule has 0 aromatic heterocycles. The molecule has 0 saturated heterocycles. The first-order valence-corrected chi connectivity index (χ1v) is 4.90. The number of anilines is 1. The summed E-state index contributed by atoms with van der Waals surface area (Å²) in [5.74, 6) is 0. The van der Waals surface area contributed by atoms with Crippen molar-refractivity contribution < 1.29 is 0 Å². The van der Waals surface area contributed by atoms with Crippen LogP contribution in [0, 0.1) is 0 Å². The SMILES string of the molecule is CC.CC(N)c1cc(S)ccc1N. The van der Waals surface area contributed by atoms with Crippen LogP contribution in [-0.2, 0) is 0 Å². The van der Waals surface area contributed by atoms with Crippen molar-refractivity contribution in [3.05, 3.63) is 23.8 Å². The Labute approximate surface area is 85.7 Å². The van der Waals surface area contributed by atoms with Crippen molar-refractivity contribution in [3.8, 4) is 0 Å². The van der Waals surface area contributed by atoms with Gasteiger partial charge in [-0.15, -0.1) is 12.6 Å². The van der Waals surface area contributed by atoms with E-state index in [0.717, 1.165) is 16.1 Å². The van der Waals surface area contributed by atoms with Crippen LogP contribution in [0.5, 0.6) is 0 Å². The average molecular weight is 198 g/mol. The number of rotatable bonds is 1. The van der Waals surface area contributed by atoms with E-state index in [-0.39, 0.29) is 6.04 Å². The highest BCUT2D eigenvalue weighted by molar-refractivity contribution is 7.80. The van der Waals surface area contributed by atoms with E-state index in [9.17, 15) is 0 Å². The summed E-state index contributed by atoms with van der Waals surface area (Å²) in [4.78, 5) is 0.895. The molecule has 3 heteroatoms. The first-order chi connectivity index (χ1) is 6.11. The molecule has 2 nitrogen and oxygen atoms in total. The van der Waals surface area contributed by atoms with E-state index in [4.69, 9.17) is 11.5 Å². The lowest BCUT2D eigenvalue weighted by Crippen LogP contribution is -2.07. The quantitative estimate of drug-likeness (QED) is 0.480. The summed E-state index contributed by atoms with van der Waals surface area (Å²) in [6, 6.07) is 5.54. The van der Waals surface area contributed by atoms with Crippen LogP contribution in [0.4, 0.5) is 5.69 Å². The summed E-state index contributed by atoms with van der Waals surface area (Å²) < 4.78 is 0. The largest absolute Gasteiger partial charge is 0.398 e. The van der Waals surface area contributed by atoms with E-state index in [1.54, 1.807) is 0 Å². The van der Waals surface area contributed by atoms with Gasteiger partial charge < -0.3 is 11.5 Å². The van der Waals surface area contributed by atoms with Crippen LogP contribution in [0.25, 0.3) is 0 Å². The highest BCUT2D eigenvalue weighted by atomic mass is 32.1. The fourth-order valence-electron chi connectivity index (χ4n) is 0.956.